The Labute approximate surface area is 155 Å². The fourth-order valence-corrected chi connectivity index (χ4v) is 2.53. The van der Waals surface area contributed by atoms with E-state index in [4.69, 9.17) is 4.74 Å². The van der Waals surface area contributed by atoms with Gasteiger partial charge in [0.25, 0.3) is 0 Å². The summed E-state index contributed by atoms with van der Waals surface area (Å²) in [6.45, 7) is 5.73. The zero-order valence-corrected chi connectivity index (χ0v) is 15.9. The van der Waals surface area contributed by atoms with Crippen LogP contribution in [0.25, 0.3) is 6.08 Å². The number of aryl methyl sites for hydroxylation is 2. The van der Waals surface area contributed by atoms with Crippen LogP contribution in [0.3, 0.4) is 0 Å². The number of hydrogen-bond acceptors (Lipinski definition) is 3. The smallest absolute Gasteiger partial charge is 0.246 e. The summed E-state index contributed by atoms with van der Waals surface area (Å²) in [5.41, 5.74) is 3.69. The van der Waals surface area contributed by atoms with Crippen molar-refractivity contribution in [2.45, 2.75) is 26.8 Å². The molecule has 0 aliphatic heterocycles. The van der Waals surface area contributed by atoms with Crippen molar-refractivity contribution in [3.63, 3.8) is 0 Å². The van der Waals surface area contributed by atoms with Gasteiger partial charge in [-0.2, -0.15) is 0 Å². The lowest BCUT2D eigenvalue weighted by Crippen LogP contribution is -2.39. The highest BCUT2D eigenvalue weighted by atomic mass is 16.5. The lowest BCUT2D eigenvalue weighted by molar-refractivity contribution is -0.125. The van der Waals surface area contributed by atoms with Gasteiger partial charge in [0, 0.05) is 18.7 Å². The molecule has 0 aliphatic rings. The number of rotatable bonds is 6. The van der Waals surface area contributed by atoms with Crippen LogP contribution in [-0.2, 0) is 4.79 Å². The van der Waals surface area contributed by atoms with E-state index in [1.807, 2.05) is 56.3 Å². The van der Waals surface area contributed by atoms with E-state index in [-0.39, 0.29) is 11.7 Å². The molecule has 1 atom stereocenters. The third-order valence-electron chi connectivity index (χ3n) is 4.61. The molecule has 2 aromatic rings. The van der Waals surface area contributed by atoms with E-state index in [2.05, 4.69) is 0 Å². The second-order valence-corrected chi connectivity index (χ2v) is 6.40. The van der Waals surface area contributed by atoms with Gasteiger partial charge in [-0.05, 0) is 61.7 Å². The molecule has 2 rings (SSSR count). The normalized spacial score (nSPS) is 12.0. The predicted molar refractivity (Wildman–Crippen MR) is 105 cm³/mol. The highest BCUT2D eigenvalue weighted by Crippen LogP contribution is 2.15. The Hall–Kier alpha value is -2.88. The topological polar surface area (TPSA) is 46.6 Å². The van der Waals surface area contributed by atoms with Gasteiger partial charge in [0.05, 0.1) is 13.2 Å². The summed E-state index contributed by atoms with van der Waals surface area (Å²) in [6, 6.07) is 12.5. The summed E-state index contributed by atoms with van der Waals surface area (Å²) in [7, 11) is 3.24. The molecular weight excluding hydrogens is 326 g/mol. The van der Waals surface area contributed by atoms with Gasteiger partial charge in [-0.15, -0.1) is 0 Å². The highest BCUT2D eigenvalue weighted by molar-refractivity contribution is 6.03. The molecule has 4 nitrogen and oxygen atoms in total. The van der Waals surface area contributed by atoms with E-state index in [0.717, 1.165) is 22.4 Å². The standard InChI is InChI=1S/C22H25NO3/c1-15-9-11-19(13-16(15)2)22(25)17(3)23(4)21(24)12-10-18-7-6-8-20(14-18)26-5/h6-14,17H,1-5H3/b12-10+. The number of likely N-dealkylation sites (N-methyl/N-ethyl adjacent to an activating group) is 1. The Bertz CT molecular complexity index is 839. The van der Waals surface area contributed by atoms with Gasteiger partial charge >= 0.3 is 0 Å². The summed E-state index contributed by atoms with van der Waals surface area (Å²) in [4.78, 5) is 26.6. The molecule has 136 valence electrons. The Morgan fingerprint density at radius 3 is 2.46 bits per heavy atom. The maximum absolute atomic E-state index is 12.7. The SMILES string of the molecule is COc1cccc(/C=C/C(=O)N(C)C(C)C(=O)c2ccc(C)c(C)c2)c1. The number of methoxy groups -OCH3 is 1. The second kappa shape index (κ2) is 8.48. The molecule has 1 amide bonds. The Balaban J connectivity index is 2.09. The van der Waals surface area contributed by atoms with E-state index in [9.17, 15) is 9.59 Å². The van der Waals surface area contributed by atoms with Crippen LogP contribution in [0.2, 0.25) is 0 Å². The van der Waals surface area contributed by atoms with Crippen LogP contribution in [0.15, 0.2) is 48.5 Å². The first-order chi connectivity index (χ1) is 12.3. The van der Waals surface area contributed by atoms with Crippen molar-refractivity contribution in [3.05, 3.63) is 70.8 Å². The maximum Gasteiger partial charge on any atom is 0.246 e. The molecule has 0 fully saturated rings. The maximum atomic E-state index is 12.7. The minimum atomic E-state index is -0.542. The van der Waals surface area contributed by atoms with E-state index >= 15 is 0 Å². The van der Waals surface area contributed by atoms with Crippen molar-refractivity contribution in [1.82, 2.24) is 4.90 Å². The van der Waals surface area contributed by atoms with Gasteiger partial charge < -0.3 is 9.64 Å². The van der Waals surface area contributed by atoms with Crippen molar-refractivity contribution >= 4 is 17.8 Å². The minimum Gasteiger partial charge on any atom is -0.497 e. The highest BCUT2D eigenvalue weighted by Gasteiger charge is 2.22. The number of ether oxygens (including phenoxy) is 1. The fourth-order valence-electron chi connectivity index (χ4n) is 2.53. The molecule has 0 saturated heterocycles. The van der Waals surface area contributed by atoms with Crippen molar-refractivity contribution in [2.24, 2.45) is 0 Å². The van der Waals surface area contributed by atoms with Crippen LogP contribution in [0, 0.1) is 13.8 Å². The van der Waals surface area contributed by atoms with Gasteiger partial charge in [-0.25, -0.2) is 0 Å². The first-order valence-corrected chi connectivity index (χ1v) is 8.54. The molecule has 26 heavy (non-hydrogen) atoms. The molecule has 2 aromatic carbocycles. The number of nitrogens with zero attached hydrogens (tertiary/aromatic N) is 1. The molecule has 0 bridgehead atoms. The summed E-state index contributed by atoms with van der Waals surface area (Å²) in [6.07, 6.45) is 3.19. The number of benzene rings is 2. The van der Waals surface area contributed by atoms with Gasteiger partial charge in [0.2, 0.25) is 5.91 Å². The summed E-state index contributed by atoms with van der Waals surface area (Å²) < 4.78 is 5.17. The third kappa shape index (κ3) is 4.60. The van der Waals surface area contributed by atoms with Crippen molar-refractivity contribution in [2.75, 3.05) is 14.2 Å². The van der Waals surface area contributed by atoms with Crippen LogP contribution in [0.4, 0.5) is 0 Å². The first-order valence-electron chi connectivity index (χ1n) is 8.54. The molecule has 0 radical (unpaired) electrons. The summed E-state index contributed by atoms with van der Waals surface area (Å²) in [5.74, 6) is 0.433. The van der Waals surface area contributed by atoms with Crippen LogP contribution in [0.1, 0.15) is 34.0 Å². The zero-order chi connectivity index (χ0) is 19.3. The first kappa shape index (κ1) is 19.4. The molecule has 4 heteroatoms. The van der Waals surface area contributed by atoms with Gasteiger partial charge in [-0.3, -0.25) is 9.59 Å². The largest absolute Gasteiger partial charge is 0.497 e. The van der Waals surface area contributed by atoms with E-state index in [1.165, 1.54) is 11.0 Å². The fraction of sp³-hybridized carbons (Fsp3) is 0.273. The molecule has 0 spiro atoms. The van der Waals surface area contributed by atoms with Gasteiger partial charge in [0.1, 0.15) is 5.75 Å². The number of carbonyl (C=O) groups is 2. The average molecular weight is 351 g/mol. The monoisotopic (exact) mass is 351 g/mol. The average Bonchev–Trinajstić information content (AvgIpc) is 2.66. The lowest BCUT2D eigenvalue weighted by Gasteiger charge is -2.23. The number of hydrogen-bond donors (Lipinski definition) is 0. The molecule has 0 heterocycles. The van der Waals surface area contributed by atoms with Crippen molar-refractivity contribution in [3.8, 4) is 5.75 Å². The molecule has 0 N–H and O–H groups in total. The third-order valence-corrected chi connectivity index (χ3v) is 4.61. The second-order valence-electron chi connectivity index (χ2n) is 6.40. The predicted octanol–water partition coefficient (Wildman–Crippen LogP) is 4.06. The lowest BCUT2D eigenvalue weighted by atomic mass is 10.00. The molecule has 0 saturated carbocycles. The Morgan fingerprint density at radius 2 is 1.81 bits per heavy atom. The van der Waals surface area contributed by atoms with Crippen molar-refractivity contribution < 1.29 is 14.3 Å². The molecule has 1 unspecified atom stereocenters. The number of Topliss-reactive ketones (excluding diaryl/α,β-unsaturated/α-hetero) is 1. The summed E-state index contributed by atoms with van der Waals surface area (Å²) >= 11 is 0. The van der Waals surface area contributed by atoms with Crippen LogP contribution < -0.4 is 4.74 Å². The number of carbonyl (C=O) groups excluding carboxylic acids is 2. The molecular formula is C22H25NO3. The van der Waals surface area contributed by atoms with Crippen molar-refractivity contribution in [1.29, 1.82) is 0 Å². The van der Waals surface area contributed by atoms with Crippen LogP contribution in [-0.4, -0.2) is 36.8 Å². The van der Waals surface area contributed by atoms with E-state index < -0.39 is 6.04 Å². The molecule has 0 aromatic heterocycles. The number of ketones is 1. The van der Waals surface area contributed by atoms with Crippen LogP contribution >= 0.6 is 0 Å². The summed E-state index contributed by atoms with van der Waals surface area (Å²) in [5, 5.41) is 0. The zero-order valence-electron chi connectivity index (χ0n) is 15.9. The minimum absolute atomic E-state index is 0.0706. The molecule has 0 aliphatic carbocycles. The van der Waals surface area contributed by atoms with E-state index in [1.54, 1.807) is 27.2 Å². The van der Waals surface area contributed by atoms with E-state index in [0.29, 0.717) is 5.56 Å². The Kier molecular flexibility index (Phi) is 6.34. The van der Waals surface area contributed by atoms with Gasteiger partial charge in [0.15, 0.2) is 5.78 Å². The quantitative estimate of drug-likeness (QED) is 0.582. The van der Waals surface area contributed by atoms with Crippen LogP contribution in [0.5, 0.6) is 5.75 Å². The number of amides is 1. The van der Waals surface area contributed by atoms with Gasteiger partial charge in [-0.1, -0.05) is 24.3 Å². The Morgan fingerprint density at radius 1 is 1.08 bits per heavy atom.